The number of nitrogens with two attached hydrogens (primary N) is 1. The summed E-state index contributed by atoms with van der Waals surface area (Å²) in [6.45, 7) is 13.1. The van der Waals surface area contributed by atoms with Gasteiger partial charge in [0, 0.05) is 20.0 Å². The maximum absolute atomic E-state index is 12.4. The Morgan fingerprint density at radius 3 is 1.07 bits per heavy atom. The topological polar surface area (TPSA) is 271 Å². The van der Waals surface area contributed by atoms with Crippen LogP contribution in [0.15, 0.2) is 0 Å². The minimum Gasteiger partial charge on any atom is -0.480 e. The molecule has 0 spiro atoms. The largest absolute Gasteiger partial charge is 0.480 e. The highest BCUT2D eigenvalue weighted by Crippen LogP contribution is 1.97. The summed E-state index contributed by atoms with van der Waals surface area (Å²) in [6, 6.07) is -3.19. The standard InChI is InChI=1S/C37H72N4O18/c1-31(35(43)40-32(2)36(44)41-33(37(45)46)4-6-59-30-38)39-34(42)5-7-48-10-11-50-14-15-52-18-19-54-22-23-56-26-27-58-29-28-57-25-24-55-21-20-53-17-16-51-13-12-49-9-8-47-3/h31-33H,4-30,38H2,1-3H3,(H,39,42)(H,40,43)(H,41,44)(H,45,46)/t31-,32-,33-/m0/s1. The molecule has 0 radical (unpaired) electrons. The Balaban J connectivity index is 3.45. The molecule has 0 aliphatic rings. The summed E-state index contributed by atoms with van der Waals surface area (Å²) in [5, 5.41) is 16.6. The number of rotatable bonds is 46. The maximum atomic E-state index is 12.4. The van der Waals surface area contributed by atoms with E-state index in [2.05, 4.69) is 16.0 Å². The van der Waals surface area contributed by atoms with Gasteiger partial charge in [-0.25, -0.2) is 4.79 Å². The number of hydrogen-bond donors (Lipinski definition) is 5. The van der Waals surface area contributed by atoms with Crippen LogP contribution in [0.2, 0.25) is 0 Å². The Labute approximate surface area is 348 Å². The predicted octanol–water partition coefficient (Wildman–Crippen LogP) is -1.89. The monoisotopic (exact) mass is 860 g/mol. The van der Waals surface area contributed by atoms with Crippen molar-refractivity contribution in [3.05, 3.63) is 0 Å². The molecule has 22 heteroatoms. The molecule has 0 fully saturated rings. The van der Waals surface area contributed by atoms with Crippen LogP contribution in [0.25, 0.3) is 0 Å². The van der Waals surface area contributed by atoms with E-state index in [1.165, 1.54) is 13.8 Å². The highest BCUT2D eigenvalue weighted by atomic mass is 16.6. The number of hydrogen-bond acceptors (Lipinski definition) is 18. The molecule has 59 heavy (non-hydrogen) atoms. The van der Waals surface area contributed by atoms with Crippen LogP contribution >= 0.6 is 0 Å². The van der Waals surface area contributed by atoms with Crippen LogP contribution in [0.1, 0.15) is 26.7 Å². The number of aliphatic carboxylic acids is 1. The lowest BCUT2D eigenvalue weighted by Gasteiger charge is -2.20. The lowest BCUT2D eigenvalue weighted by molar-refractivity contribution is -0.142. The van der Waals surface area contributed by atoms with Gasteiger partial charge in [-0.3, -0.25) is 14.4 Å². The number of nitrogens with one attached hydrogen (secondary N) is 3. The van der Waals surface area contributed by atoms with E-state index in [-0.39, 0.29) is 39.4 Å². The van der Waals surface area contributed by atoms with Gasteiger partial charge in [0.1, 0.15) is 18.1 Å². The molecule has 0 rings (SSSR count). The third-order valence-electron chi connectivity index (χ3n) is 7.43. The fourth-order valence-electron chi connectivity index (χ4n) is 4.23. The molecule has 3 amide bonds. The van der Waals surface area contributed by atoms with Crippen LogP contribution in [-0.2, 0) is 80.8 Å². The van der Waals surface area contributed by atoms with Gasteiger partial charge >= 0.3 is 5.97 Å². The molecule has 0 aliphatic heterocycles. The molecule has 0 aromatic rings. The number of amides is 3. The number of methoxy groups -OCH3 is 1. The average molecular weight is 861 g/mol. The van der Waals surface area contributed by atoms with Gasteiger partial charge in [0.05, 0.1) is 165 Å². The first-order chi connectivity index (χ1) is 28.7. The zero-order valence-corrected chi connectivity index (χ0v) is 35.3. The minimum absolute atomic E-state index is 0.00318. The first kappa shape index (κ1) is 56.3. The first-order valence-electron chi connectivity index (χ1n) is 20.0. The molecule has 0 aromatic heterocycles. The van der Waals surface area contributed by atoms with Crippen molar-refractivity contribution in [1.29, 1.82) is 0 Å². The van der Waals surface area contributed by atoms with Gasteiger partial charge in [0.25, 0.3) is 0 Å². The number of carbonyl (C=O) groups is 4. The summed E-state index contributed by atoms with van der Waals surface area (Å²) < 4.78 is 69.6. The van der Waals surface area contributed by atoms with Gasteiger partial charge < -0.3 is 88.4 Å². The van der Waals surface area contributed by atoms with Gasteiger partial charge in [-0.15, -0.1) is 0 Å². The van der Waals surface area contributed by atoms with Gasteiger partial charge in [-0.2, -0.15) is 0 Å². The molecule has 0 heterocycles. The minimum atomic E-state index is -1.25. The molecule has 0 saturated heterocycles. The third-order valence-corrected chi connectivity index (χ3v) is 7.43. The average Bonchev–Trinajstić information content (AvgIpc) is 3.21. The normalized spacial score (nSPS) is 12.9. The Morgan fingerprint density at radius 2 is 0.746 bits per heavy atom. The summed E-state index contributed by atoms with van der Waals surface area (Å²) in [5.41, 5.74) is 5.21. The van der Waals surface area contributed by atoms with Crippen molar-refractivity contribution in [2.45, 2.75) is 44.8 Å². The van der Waals surface area contributed by atoms with E-state index in [1.54, 1.807) is 7.11 Å². The Bertz CT molecular complexity index is 1000. The molecule has 348 valence electrons. The number of carboxylic acid groups (broad SMARTS) is 1. The Kier molecular flexibility index (Phi) is 41.4. The highest BCUT2D eigenvalue weighted by Gasteiger charge is 2.25. The molecular weight excluding hydrogens is 788 g/mol. The fraction of sp³-hybridized carbons (Fsp3) is 0.892. The van der Waals surface area contributed by atoms with Crippen LogP contribution in [0.4, 0.5) is 0 Å². The van der Waals surface area contributed by atoms with Crippen molar-refractivity contribution in [2.75, 3.05) is 172 Å². The van der Waals surface area contributed by atoms with Gasteiger partial charge in [0.2, 0.25) is 17.7 Å². The molecule has 0 saturated carbocycles. The third kappa shape index (κ3) is 39.2. The van der Waals surface area contributed by atoms with Crippen molar-refractivity contribution in [3.63, 3.8) is 0 Å². The molecule has 3 atom stereocenters. The van der Waals surface area contributed by atoms with Crippen molar-refractivity contribution in [1.82, 2.24) is 16.0 Å². The number of carboxylic acids is 1. The quantitative estimate of drug-likeness (QED) is 0.0331. The zero-order valence-electron chi connectivity index (χ0n) is 35.3. The maximum Gasteiger partial charge on any atom is 0.326 e. The second-order valence-corrected chi connectivity index (χ2v) is 12.3. The summed E-state index contributed by atoms with van der Waals surface area (Å²) in [5.74, 6) is -2.98. The molecule has 0 unspecified atom stereocenters. The van der Waals surface area contributed by atoms with Crippen LogP contribution in [0.3, 0.4) is 0 Å². The molecule has 0 aliphatic carbocycles. The Morgan fingerprint density at radius 1 is 0.441 bits per heavy atom. The van der Waals surface area contributed by atoms with Crippen LogP contribution in [0.5, 0.6) is 0 Å². The SMILES string of the molecule is COCCOCCOCCOCCOCCOCCOCCOCCOCCOCCOCCOCCC(=O)N[C@@H](C)C(=O)N[C@@H](C)C(=O)N[C@@H](CCOCN)C(=O)O. The smallest absolute Gasteiger partial charge is 0.326 e. The van der Waals surface area contributed by atoms with Gasteiger partial charge in [0.15, 0.2) is 0 Å². The van der Waals surface area contributed by atoms with E-state index >= 15 is 0 Å². The highest BCUT2D eigenvalue weighted by molar-refractivity contribution is 5.92. The van der Waals surface area contributed by atoms with Crippen molar-refractivity contribution >= 4 is 23.7 Å². The lowest BCUT2D eigenvalue weighted by atomic mass is 10.2. The van der Waals surface area contributed by atoms with E-state index < -0.39 is 41.8 Å². The van der Waals surface area contributed by atoms with Crippen molar-refractivity contribution in [2.24, 2.45) is 5.73 Å². The second kappa shape index (κ2) is 43.4. The van der Waals surface area contributed by atoms with E-state index in [0.717, 1.165) is 0 Å². The van der Waals surface area contributed by atoms with E-state index in [1.807, 2.05) is 0 Å². The molecular formula is C37H72N4O18. The number of carbonyl (C=O) groups excluding carboxylic acids is 3. The molecule has 0 aromatic carbocycles. The van der Waals surface area contributed by atoms with Crippen LogP contribution < -0.4 is 21.7 Å². The van der Waals surface area contributed by atoms with Gasteiger partial charge in [-0.05, 0) is 13.8 Å². The molecule has 6 N–H and O–H groups in total. The fourth-order valence-corrected chi connectivity index (χ4v) is 4.23. The summed E-state index contributed by atoms with van der Waals surface area (Å²) >= 11 is 0. The van der Waals surface area contributed by atoms with Gasteiger partial charge in [-0.1, -0.05) is 0 Å². The summed E-state index contributed by atoms with van der Waals surface area (Å²) in [7, 11) is 1.63. The van der Waals surface area contributed by atoms with E-state index in [4.69, 9.17) is 67.3 Å². The zero-order chi connectivity index (χ0) is 43.4. The van der Waals surface area contributed by atoms with E-state index in [0.29, 0.717) is 139 Å². The summed E-state index contributed by atoms with van der Waals surface area (Å²) in [4.78, 5) is 48.3. The lowest BCUT2D eigenvalue weighted by Crippen LogP contribution is -2.54. The molecule has 22 nitrogen and oxygen atoms in total. The summed E-state index contributed by atoms with van der Waals surface area (Å²) in [6.07, 6.45) is 0.0150. The predicted molar refractivity (Wildman–Crippen MR) is 210 cm³/mol. The van der Waals surface area contributed by atoms with Crippen molar-refractivity contribution in [3.8, 4) is 0 Å². The van der Waals surface area contributed by atoms with Crippen LogP contribution in [-0.4, -0.2) is 219 Å². The molecule has 0 bridgehead atoms. The second-order valence-electron chi connectivity index (χ2n) is 12.3. The van der Waals surface area contributed by atoms with E-state index in [9.17, 15) is 24.3 Å². The first-order valence-corrected chi connectivity index (χ1v) is 20.0. The Hall–Kier alpha value is -2.68. The number of ether oxygens (including phenoxy) is 13. The van der Waals surface area contributed by atoms with Crippen LogP contribution in [0, 0.1) is 0 Å². The van der Waals surface area contributed by atoms with Crippen molar-refractivity contribution < 1.29 is 85.9 Å².